The first-order valence-electron chi connectivity index (χ1n) is 4.28. The zero-order valence-electron chi connectivity index (χ0n) is 7.51. The summed E-state index contributed by atoms with van der Waals surface area (Å²) >= 11 is 3.25. The zero-order chi connectivity index (χ0) is 9.64. The Balaban J connectivity index is 0.000000128. The zero-order valence-corrected chi connectivity index (χ0v) is 9.15. The maximum Gasteiger partial charge on any atom is 0.0549 e. The van der Waals surface area contributed by atoms with Crippen molar-refractivity contribution in [3.63, 3.8) is 0 Å². The second-order valence-corrected chi connectivity index (χ2v) is 4.39. The molecule has 3 rings (SSSR count). The lowest BCUT2D eigenvalue weighted by molar-refractivity contribution is 1.46. The predicted octanol–water partition coefficient (Wildman–Crippen LogP) is 3.05. The molecule has 1 N–H and O–H groups in total. The van der Waals surface area contributed by atoms with Crippen LogP contribution in [0.1, 0.15) is 0 Å². The molecule has 0 aliphatic carbocycles. The van der Waals surface area contributed by atoms with Crippen LogP contribution in [-0.4, -0.2) is 10.1 Å². The van der Waals surface area contributed by atoms with Crippen LogP contribution in [0.4, 0.5) is 0 Å². The Morgan fingerprint density at radius 3 is 2.86 bits per heavy atom. The molecule has 1 aromatic carbocycles. The highest BCUT2D eigenvalue weighted by atomic mass is 32.2. The maximum atomic E-state index is 4.04. The van der Waals surface area contributed by atoms with Crippen molar-refractivity contribution in [2.24, 2.45) is 0 Å². The number of hydrogen-bond acceptors (Lipinski definition) is 4. The molecule has 0 bridgehead atoms. The molecule has 72 valence electrons. The molecule has 2 nitrogen and oxygen atoms in total. The van der Waals surface area contributed by atoms with E-state index in [0.29, 0.717) is 0 Å². The van der Waals surface area contributed by atoms with Crippen LogP contribution in [0.3, 0.4) is 0 Å². The molecular formula is C10H10N2S2. The van der Waals surface area contributed by atoms with Gasteiger partial charge in [0.2, 0.25) is 0 Å². The molecule has 1 aliphatic heterocycles. The predicted molar refractivity (Wildman–Crippen MR) is 64.4 cm³/mol. The Morgan fingerprint density at radius 2 is 2.21 bits per heavy atom. The van der Waals surface area contributed by atoms with Gasteiger partial charge in [0.15, 0.2) is 0 Å². The molecule has 0 unspecified atom stereocenters. The number of nitrogens with one attached hydrogen (secondary N) is 1. The third kappa shape index (κ3) is 2.49. The first-order chi connectivity index (χ1) is 6.97. The molecule has 1 aromatic heterocycles. The lowest BCUT2D eigenvalue weighted by atomic mass is 10.3. The molecule has 0 saturated carbocycles. The Bertz CT molecular complexity index is 386. The number of aromatic nitrogens is 1. The van der Waals surface area contributed by atoms with Crippen LogP contribution in [0.15, 0.2) is 42.7 Å². The van der Waals surface area contributed by atoms with Crippen LogP contribution < -0.4 is 4.72 Å². The smallest absolute Gasteiger partial charge is 0.0549 e. The number of fused-ring (bicyclic) bond motifs is 1. The van der Waals surface area contributed by atoms with Gasteiger partial charge >= 0.3 is 0 Å². The van der Waals surface area contributed by atoms with Crippen molar-refractivity contribution in [1.82, 2.24) is 9.10 Å². The number of benzene rings is 1. The van der Waals surface area contributed by atoms with Crippen LogP contribution in [0, 0.1) is 0 Å². The SMILES string of the molecule is C1=CNSC1.c1ccc2sncc2c1. The summed E-state index contributed by atoms with van der Waals surface area (Å²) in [6.07, 6.45) is 5.93. The summed E-state index contributed by atoms with van der Waals surface area (Å²) < 4.78 is 8.26. The molecule has 0 saturated heterocycles. The topological polar surface area (TPSA) is 24.9 Å². The first-order valence-corrected chi connectivity index (χ1v) is 6.04. The van der Waals surface area contributed by atoms with Gasteiger partial charge in [0.05, 0.1) is 4.70 Å². The van der Waals surface area contributed by atoms with Crippen molar-refractivity contribution >= 4 is 33.6 Å². The molecule has 4 heteroatoms. The van der Waals surface area contributed by atoms with E-state index in [-0.39, 0.29) is 0 Å². The van der Waals surface area contributed by atoms with Gasteiger partial charge in [-0.15, -0.1) is 0 Å². The minimum atomic E-state index is 1.12. The van der Waals surface area contributed by atoms with Crippen molar-refractivity contribution in [2.45, 2.75) is 0 Å². The highest BCUT2D eigenvalue weighted by Gasteiger charge is 1.89. The average molecular weight is 222 g/mol. The summed E-state index contributed by atoms with van der Waals surface area (Å²) in [5.74, 6) is 1.12. The van der Waals surface area contributed by atoms with E-state index in [9.17, 15) is 0 Å². The Labute approximate surface area is 91.3 Å². The highest BCUT2D eigenvalue weighted by Crippen LogP contribution is 2.15. The monoisotopic (exact) mass is 222 g/mol. The maximum absolute atomic E-state index is 4.04. The van der Waals surface area contributed by atoms with E-state index in [0.717, 1.165) is 5.75 Å². The van der Waals surface area contributed by atoms with Crippen LogP contribution >= 0.6 is 23.5 Å². The molecule has 1 aliphatic rings. The number of hydrogen-bond donors (Lipinski definition) is 1. The summed E-state index contributed by atoms with van der Waals surface area (Å²) in [5.41, 5.74) is 0. The van der Waals surface area contributed by atoms with Gasteiger partial charge in [-0.1, -0.05) is 24.3 Å². The molecule has 0 radical (unpaired) electrons. The fourth-order valence-electron chi connectivity index (χ4n) is 1.05. The average Bonchev–Trinajstić information content (AvgIpc) is 2.92. The second-order valence-electron chi connectivity index (χ2n) is 2.69. The van der Waals surface area contributed by atoms with E-state index in [2.05, 4.69) is 27.3 Å². The fourth-order valence-corrected chi connectivity index (χ4v) is 2.18. The summed E-state index contributed by atoms with van der Waals surface area (Å²) in [6.45, 7) is 0. The van der Waals surface area contributed by atoms with E-state index in [1.54, 1.807) is 11.9 Å². The van der Waals surface area contributed by atoms with Gasteiger partial charge < -0.3 is 4.72 Å². The van der Waals surface area contributed by atoms with E-state index in [1.807, 2.05) is 24.5 Å². The van der Waals surface area contributed by atoms with Crippen LogP contribution in [0.5, 0.6) is 0 Å². The van der Waals surface area contributed by atoms with E-state index in [1.165, 1.54) is 21.6 Å². The molecule has 0 atom stereocenters. The molecular weight excluding hydrogens is 212 g/mol. The van der Waals surface area contributed by atoms with Gasteiger partial charge in [-0.3, -0.25) is 0 Å². The van der Waals surface area contributed by atoms with Crippen LogP contribution in [-0.2, 0) is 0 Å². The Morgan fingerprint density at radius 1 is 1.29 bits per heavy atom. The van der Waals surface area contributed by atoms with Gasteiger partial charge in [-0.25, -0.2) is 0 Å². The molecule has 0 spiro atoms. The van der Waals surface area contributed by atoms with Gasteiger partial charge in [0.25, 0.3) is 0 Å². The van der Waals surface area contributed by atoms with Gasteiger partial charge in [-0.05, 0) is 29.5 Å². The largest absolute Gasteiger partial charge is 0.337 e. The molecule has 2 heterocycles. The van der Waals surface area contributed by atoms with Gasteiger partial charge in [0, 0.05) is 23.5 Å². The summed E-state index contributed by atoms with van der Waals surface area (Å²) in [5, 5.41) is 1.24. The van der Waals surface area contributed by atoms with Gasteiger partial charge in [0.1, 0.15) is 0 Å². The lowest BCUT2D eigenvalue weighted by Gasteiger charge is -1.80. The summed E-state index contributed by atoms with van der Waals surface area (Å²) in [7, 11) is 0. The van der Waals surface area contributed by atoms with Crippen molar-refractivity contribution in [2.75, 3.05) is 5.75 Å². The molecule has 0 fully saturated rings. The molecule has 2 aromatic rings. The Kier molecular flexibility index (Phi) is 3.43. The van der Waals surface area contributed by atoms with Crippen molar-refractivity contribution in [1.29, 1.82) is 0 Å². The summed E-state index contributed by atoms with van der Waals surface area (Å²) in [4.78, 5) is 0. The first kappa shape index (κ1) is 9.55. The van der Waals surface area contributed by atoms with E-state index < -0.39 is 0 Å². The fraction of sp³-hybridized carbons (Fsp3) is 0.100. The molecule has 0 amide bonds. The van der Waals surface area contributed by atoms with Crippen molar-refractivity contribution < 1.29 is 0 Å². The van der Waals surface area contributed by atoms with Crippen LogP contribution in [0.2, 0.25) is 0 Å². The second kappa shape index (κ2) is 5.02. The van der Waals surface area contributed by atoms with Gasteiger partial charge in [-0.2, -0.15) is 4.37 Å². The number of nitrogens with zero attached hydrogens (tertiary/aromatic N) is 1. The number of rotatable bonds is 0. The Hall–Kier alpha value is -1.00. The third-order valence-corrected chi connectivity index (χ3v) is 3.15. The van der Waals surface area contributed by atoms with Crippen molar-refractivity contribution in [3.8, 4) is 0 Å². The summed E-state index contributed by atoms with van der Waals surface area (Å²) in [6, 6.07) is 8.20. The third-order valence-electron chi connectivity index (χ3n) is 1.71. The van der Waals surface area contributed by atoms with E-state index >= 15 is 0 Å². The lowest BCUT2D eigenvalue weighted by Crippen LogP contribution is -1.78. The van der Waals surface area contributed by atoms with Crippen LogP contribution in [0.25, 0.3) is 10.1 Å². The standard InChI is InChI=1S/C7H5NS.C3H5NS/c1-2-4-7-6(3-1)5-8-9-7;1-2-4-5-3-1/h1-5H;1-2,4H,3H2. The highest BCUT2D eigenvalue weighted by molar-refractivity contribution is 7.97. The normalized spacial score (nSPS) is 13.4. The minimum absolute atomic E-state index is 1.12. The molecule has 14 heavy (non-hydrogen) atoms. The van der Waals surface area contributed by atoms with Crippen molar-refractivity contribution in [3.05, 3.63) is 42.7 Å². The van der Waals surface area contributed by atoms with E-state index in [4.69, 9.17) is 0 Å². The minimum Gasteiger partial charge on any atom is -0.337 e. The quantitative estimate of drug-likeness (QED) is 0.693.